The Balaban J connectivity index is 1.95. The summed E-state index contributed by atoms with van der Waals surface area (Å²) in [4.78, 5) is 25.0. The molecule has 5 nitrogen and oxygen atoms in total. The predicted molar refractivity (Wildman–Crippen MR) is 81.9 cm³/mol. The Labute approximate surface area is 129 Å². The van der Waals surface area contributed by atoms with E-state index in [1.807, 2.05) is 4.90 Å². The minimum Gasteiger partial charge on any atom is -0.495 e. The number of anilines is 1. The molecule has 1 aromatic rings. The smallest absolute Gasteiger partial charge is 0.238 e. The van der Waals surface area contributed by atoms with Crippen molar-refractivity contribution in [1.82, 2.24) is 4.90 Å². The molecular formula is C15H19ClN2O3. The molecule has 1 amide bonds. The van der Waals surface area contributed by atoms with Crippen molar-refractivity contribution in [1.29, 1.82) is 0 Å². The number of carbonyl (C=O) groups is 2. The van der Waals surface area contributed by atoms with E-state index < -0.39 is 0 Å². The van der Waals surface area contributed by atoms with Crippen LogP contribution in [0.3, 0.4) is 0 Å². The van der Waals surface area contributed by atoms with Gasteiger partial charge in [0, 0.05) is 17.5 Å². The van der Waals surface area contributed by atoms with E-state index >= 15 is 0 Å². The molecule has 21 heavy (non-hydrogen) atoms. The summed E-state index contributed by atoms with van der Waals surface area (Å²) in [7, 11) is 1.54. The lowest BCUT2D eigenvalue weighted by Crippen LogP contribution is -2.40. The number of methoxy groups -OCH3 is 1. The van der Waals surface area contributed by atoms with Crippen LogP contribution in [0.5, 0.6) is 5.75 Å². The van der Waals surface area contributed by atoms with Gasteiger partial charge in [0.15, 0.2) is 0 Å². The van der Waals surface area contributed by atoms with Gasteiger partial charge in [0.05, 0.1) is 19.3 Å². The zero-order valence-electron chi connectivity index (χ0n) is 12.0. The SMILES string of the molecule is COc1ccc(Cl)cc1NC(=O)CN1CCCC(C=O)C1. The zero-order chi connectivity index (χ0) is 15.2. The standard InChI is InChI=1S/C15H19ClN2O3/c1-21-14-5-4-12(16)7-13(14)17-15(20)9-18-6-2-3-11(8-18)10-19/h4-5,7,10-11H,2-3,6,8-9H2,1H3,(H,17,20). The van der Waals surface area contributed by atoms with Crippen molar-refractivity contribution in [2.45, 2.75) is 12.8 Å². The van der Waals surface area contributed by atoms with Crippen LogP contribution >= 0.6 is 11.6 Å². The highest BCUT2D eigenvalue weighted by atomic mass is 35.5. The molecule has 0 saturated carbocycles. The quantitative estimate of drug-likeness (QED) is 0.847. The van der Waals surface area contributed by atoms with Crippen LogP contribution in [-0.4, -0.2) is 43.8 Å². The maximum absolute atomic E-state index is 12.1. The highest BCUT2D eigenvalue weighted by Crippen LogP contribution is 2.27. The topological polar surface area (TPSA) is 58.6 Å². The number of piperidine rings is 1. The molecule has 0 bridgehead atoms. The molecule has 1 atom stereocenters. The fourth-order valence-electron chi connectivity index (χ4n) is 2.52. The highest BCUT2D eigenvalue weighted by molar-refractivity contribution is 6.31. The molecule has 6 heteroatoms. The third-order valence-corrected chi connectivity index (χ3v) is 3.77. The second kappa shape index (κ2) is 7.43. The van der Waals surface area contributed by atoms with Gasteiger partial charge in [-0.15, -0.1) is 0 Å². The van der Waals surface area contributed by atoms with Gasteiger partial charge in [0.25, 0.3) is 0 Å². The van der Waals surface area contributed by atoms with Gasteiger partial charge < -0.3 is 14.8 Å². The number of benzene rings is 1. The third-order valence-electron chi connectivity index (χ3n) is 3.54. The first-order valence-electron chi connectivity index (χ1n) is 6.93. The van der Waals surface area contributed by atoms with Crippen molar-refractivity contribution in [2.75, 3.05) is 32.1 Å². The molecule has 1 unspecified atom stereocenters. The number of carbonyl (C=O) groups excluding carboxylic acids is 2. The monoisotopic (exact) mass is 310 g/mol. The molecule has 1 aliphatic heterocycles. The molecule has 1 N–H and O–H groups in total. The van der Waals surface area contributed by atoms with Gasteiger partial charge in [-0.25, -0.2) is 0 Å². The predicted octanol–water partition coefficient (Wildman–Crippen LogP) is 2.20. The van der Waals surface area contributed by atoms with E-state index in [4.69, 9.17) is 16.3 Å². The van der Waals surface area contributed by atoms with Gasteiger partial charge in [-0.3, -0.25) is 9.69 Å². The van der Waals surface area contributed by atoms with Gasteiger partial charge >= 0.3 is 0 Å². The van der Waals surface area contributed by atoms with Crippen LogP contribution in [0.1, 0.15) is 12.8 Å². The average Bonchev–Trinajstić information content (AvgIpc) is 2.47. The van der Waals surface area contributed by atoms with Gasteiger partial charge in [-0.05, 0) is 37.6 Å². The number of likely N-dealkylation sites (tertiary alicyclic amines) is 1. The molecule has 0 spiro atoms. The van der Waals surface area contributed by atoms with Crippen LogP contribution in [-0.2, 0) is 9.59 Å². The number of amides is 1. The van der Waals surface area contributed by atoms with Crippen molar-refractivity contribution >= 4 is 29.5 Å². The summed E-state index contributed by atoms with van der Waals surface area (Å²) >= 11 is 5.93. The Morgan fingerprint density at radius 1 is 1.57 bits per heavy atom. The Morgan fingerprint density at radius 2 is 2.38 bits per heavy atom. The number of aldehydes is 1. The van der Waals surface area contributed by atoms with E-state index in [2.05, 4.69) is 5.32 Å². The number of nitrogens with one attached hydrogen (secondary N) is 1. The largest absolute Gasteiger partial charge is 0.495 e. The van der Waals surface area contributed by atoms with Crippen LogP contribution in [0.4, 0.5) is 5.69 Å². The number of halogens is 1. The van der Waals surface area contributed by atoms with E-state index in [0.29, 0.717) is 23.0 Å². The summed E-state index contributed by atoms with van der Waals surface area (Å²) in [5.41, 5.74) is 0.555. The van der Waals surface area contributed by atoms with E-state index in [9.17, 15) is 9.59 Å². The van der Waals surface area contributed by atoms with Gasteiger partial charge in [-0.1, -0.05) is 11.6 Å². The van der Waals surface area contributed by atoms with Crippen molar-refractivity contribution in [2.24, 2.45) is 5.92 Å². The lowest BCUT2D eigenvalue weighted by molar-refractivity contribution is -0.119. The van der Waals surface area contributed by atoms with E-state index in [0.717, 1.165) is 25.7 Å². The summed E-state index contributed by atoms with van der Waals surface area (Å²) < 4.78 is 5.19. The first kappa shape index (κ1) is 15.8. The van der Waals surface area contributed by atoms with Crippen molar-refractivity contribution < 1.29 is 14.3 Å². The lowest BCUT2D eigenvalue weighted by Gasteiger charge is -2.29. The Kier molecular flexibility index (Phi) is 5.59. The van der Waals surface area contributed by atoms with Crippen molar-refractivity contribution in [3.8, 4) is 5.75 Å². The zero-order valence-corrected chi connectivity index (χ0v) is 12.7. The maximum atomic E-state index is 12.1. The highest BCUT2D eigenvalue weighted by Gasteiger charge is 2.21. The van der Waals surface area contributed by atoms with Crippen LogP contribution in [0.2, 0.25) is 5.02 Å². The molecule has 114 valence electrons. The van der Waals surface area contributed by atoms with Crippen molar-refractivity contribution in [3.63, 3.8) is 0 Å². The van der Waals surface area contributed by atoms with Gasteiger partial charge in [0.2, 0.25) is 5.91 Å². The number of hydrogen-bond donors (Lipinski definition) is 1. The Hall–Kier alpha value is -1.59. The van der Waals surface area contributed by atoms with Crippen LogP contribution in [0, 0.1) is 5.92 Å². The summed E-state index contributed by atoms with van der Waals surface area (Å²) in [6.07, 6.45) is 2.82. The second-order valence-corrected chi connectivity index (χ2v) is 5.60. The summed E-state index contributed by atoms with van der Waals surface area (Å²) in [6.45, 7) is 1.74. The molecule has 1 fully saturated rings. The number of hydrogen-bond acceptors (Lipinski definition) is 4. The van der Waals surface area contributed by atoms with Crippen LogP contribution < -0.4 is 10.1 Å². The molecule has 0 radical (unpaired) electrons. The molecule has 0 aliphatic carbocycles. The number of nitrogens with zero attached hydrogens (tertiary/aromatic N) is 1. The molecule has 0 aromatic heterocycles. The van der Waals surface area contributed by atoms with E-state index in [1.165, 1.54) is 7.11 Å². The van der Waals surface area contributed by atoms with E-state index in [-0.39, 0.29) is 18.4 Å². The minimum absolute atomic E-state index is 0.0345. The summed E-state index contributed by atoms with van der Waals surface area (Å²) in [5.74, 6) is 0.464. The van der Waals surface area contributed by atoms with Gasteiger partial charge in [-0.2, -0.15) is 0 Å². The number of rotatable bonds is 5. The Bertz CT molecular complexity index is 522. The second-order valence-electron chi connectivity index (χ2n) is 5.17. The molecule has 1 heterocycles. The van der Waals surface area contributed by atoms with Crippen molar-refractivity contribution in [3.05, 3.63) is 23.2 Å². The molecule has 1 aliphatic rings. The van der Waals surface area contributed by atoms with E-state index in [1.54, 1.807) is 18.2 Å². The fraction of sp³-hybridized carbons (Fsp3) is 0.467. The lowest BCUT2D eigenvalue weighted by atomic mass is 10.00. The maximum Gasteiger partial charge on any atom is 0.238 e. The fourth-order valence-corrected chi connectivity index (χ4v) is 2.69. The molecule has 1 aromatic carbocycles. The van der Waals surface area contributed by atoms with Crippen LogP contribution in [0.15, 0.2) is 18.2 Å². The van der Waals surface area contributed by atoms with Crippen LogP contribution in [0.25, 0.3) is 0 Å². The normalized spacial score (nSPS) is 19.0. The average molecular weight is 311 g/mol. The molecule has 1 saturated heterocycles. The third kappa shape index (κ3) is 4.44. The molecule has 2 rings (SSSR count). The van der Waals surface area contributed by atoms with Gasteiger partial charge in [0.1, 0.15) is 12.0 Å². The summed E-state index contributed by atoms with van der Waals surface area (Å²) in [5, 5.41) is 3.34. The first-order valence-corrected chi connectivity index (χ1v) is 7.31. The first-order chi connectivity index (χ1) is 10.1. The number of ether oxygens (including phenoxy) is 1. The molecular weight excluding hydrogens is 292 g/mol. The Morgan fingerprint density at radius 3 is 3.10 bits per heavy atom. The summed E-state index contributed by atoms with van der Waals surface area (Å²) in [6, 6.07) is 5.07. The minimum atomic E-state index is -0.137.